The van der Waals surface area contributed by atoms with Crippen molar-refractivity contribution < 1.29 is 19.5 Å². The van der Waals surface area contributed by atoms with E-state index < -0.39 is 10.8 Å². The van der Waals surface area contributed by atoms with Crippen LogP contribution in [0.15, 0.2) is 65.5 Å². The van der Waals surface area contributed by atoms with E-state index in [0.29, 0.717) is 25.2 Å². The largest absolute Gasteiger partial charge is 0.510 e. The fourth-order valence-corrected chi connectivity index (χ4v) is 8.63. The van der Waals surface area contributed by atoms with Crippen molar-refractivity contribution in [3.63, 3.8) is 0 Å². The monoisotopic (exact) mass is 564 g/mol. The lowest BCUT2D eigenvalue weighted by Gasteiger charge is -2.60. The number of carbonyl (C=O) groups is 3. The van der Waals surface area contributed by atoms with E-state index in [1.165, 1.54) is 12.5 Å². The number of allylic oxidation sites excluding steroid dienone is 4. The van der Waals surface area contributed by atoms with Crippen LogP contribution in [0.5, 0.6) is 0 Å². The number of carbonyl (C=O) groups excluding carboxylic acids is 3. The highest BCUT2D eigenvalue weighted by Gasteiger charge is 2.62. The first-order valence-electron chi connectivity index (χ1n) is 15.2. The average molecular weight is 565 g/mol. The van der Waals surface area contributed by atoms with E-state index >= 15 is 0 Å². The summed E-state index contributed by atoms with van der Waals surface area (Å²) in [5, 5.41) is 11.6. The van der Waals surface area contributed by atoms with Gasteiger partial charge in [0.2, 0.25) is 0 Å². The number of benzene rings is 2. The number of Topliss-reactive ketones (excluding diaryl/α,β-unsaturated/α-hetero) is 3. The van der Waals surface area contributed by atoms with E-state index in [9.17, 15) is 19.5 Å². The summed E-state index contributed by atoms with van der Waals surface area (Å²) in [4.78, 5) is 38.1. The third-order valence-electron chi connectivity index (χ3n) is 10.6. The number of hydrogen-bond acceptors (Lipinski definition) is 4. The second-order valence-corrected chi connectivity index (χ2v) is 14.3. The topological polar surface area (TPSA) is 71.4 Å². The SMILES string of the molecule is C=C1C2=C(C)[C@@]3(C)C(O)=C(C(C)=O)C(=O)C[C@@]3(C)C[C@@]2(C)Cc2c(-c3ccc(CC(=O)CC(C)C)cc3)ccc(C)c21. The van der Waals surface area contributed by atoms with Gasteiger partial charge in [0.25, 0.3) is 0 Å². The van der Waals surface area contributed by atoms with Gasteiger partial charge < -0.3 is 5.11 Å². The number of ketones is 3. The van der Waals surface area contributed by atoms with Gasteiger partial charge in [-0.15, -0.1) is 0 Å². The van der Waals surface area contributed by atoms with E-state index in [4.69, 9.17) is 0 Å². The van der Waals surface area contributed by atoms with Gasteiger partial charge in [-0.25, -0.2) is 0 Å². The normalized spacial score (nSPS) is 27.2. The zero-order valence-electron chi connectivity index (χ0n) is 26.5. The van der Waals surface area contributed by atoms with Crippen LogP contribution in [0.3, 0.4) is 0 Å². The van der Waals surface area contributed by atoms with E-state index in [1.807, 2.05) is 6.92 Å². The van der Waals surface area contributed by atoms with Crippen LogP contribution < -0.4 is 0 Å². The smallest absolute Gasteiger partial charge is 0.170 e. The third kappa shape index (κ3) is 4.37. The minimum absolute atomic E-state index is 0.0480. The number of fused-ring (bicyclic) bond motifs is 3. The summed E-state index contributed by atoms with van der Waals surface area (Å²) >= 11 is 0. The van der Waals surface area contributed by atoms with Gasteiger partial charge in [-0.3, -0.25) is 14.4 Å². The summed E-state index contributed by atoms with van der Waals surface area (Å²) in [5.74, 6) is -0.110. The predicted octanol–water partition coefficient (Wildman–Crippen LogP) is 8.50. The van der Waals surface area contributed by atoms with Crippen LogP contribution in [-0.2, 0) is 27.2 Å². The molecule has 0 aromatic heterocycles. The molecular weight excluding hydrogens is 520 g/mol. The Morgan fingerprint density at radius 2 is 1.64 bits per heavy atom. The highest BCUT2D eigenvalue weighted by Crippen LogP contribution is 2.68. The van der Waals surface area contributed by atoms with Gasteiger partial charge in [-0.05, 0) is 102 Å². The number of aliphatic hydroxyl groups is 1. The van der Waals surface area contributed by atoms with Gasteiger partial charge in [0.15, 0.2) is 11.6 Å². The van der Waals surface area contributed by atoms with Crippen molar-refractivity contribution in [2.75, 3.05) is 0 Å². The summed E-state index contributed by atoms with van der Waals surface area (Å²) < 4.78 is 0. The fraction of sp³-hybridized carbons (Fsp3) is 0.447. The molecule has 42 heavy (non-hydrogen) atoms. The van der Waals surface area contributed by atoms with E-state index in [-0.39, 0.29) is 40.5 Å². The zero-order valence-corrected chi connectivity index (χ0v) is 26.5. The van der Waals surface area contributed by atoms with Crippen molar-refractivity contribution in [3.8, 4) is 11.1 Å². The number of rotatable bonds is 6. The van der Waals surface area contributed by atoms with Crippen LogP contribution in [0.4, 0.5) is 0 Å². The van der Waals surface area contributed by atoms with E-state index in [1.54, 1.807) is 0 Å². The van der Waals surface area contributed by atoms with Crippen molar-refractivity contribution in [3.05, 3.63) is 87.7 Å². The van der Waals surface area contributed by atoms with Crippen molar-refractivity contribution in [2.24, 2.45) is 22.2 Å². The van der Waals surface area contributed by atoms with Gasteiger partial charge >= 0.3 is 0 Å². The molecule has 0 saturated heterocycles. The van der Waals surface area contributed by atoms with Crippen LogP contribution in [-0.4, -0.2) is 22.5 Å². The molecule has 0 bridgehead atoms. The Kier molecular flexibility index (Phi) is 7.16. The maximum Gasteiger partial charge on any atom is 0.170 e. The average Bonchev–Trinajstić information content (AvgIpc) is 2.86. The summed E-state index contributed by atoms with van der Waals surface area (Å²) in [7, 11) is 0. The van der Waals surface area contributed by atoms with Gasteiger partial charge in [-0.1, -0.05) is 76.2 Å². The molecule has 0 radical (unpaired) electrons. The molecule has 1 N–H and O–H groups in total. The molecule has 3 atom stereocenters. The molecule has 0 spiro atoms. The Morgan fingerprint density at radius 1 is 1.00 bits per heavy atom. The molecule has 4 nitrogen and oxygen atoms in total. The van der Waals surface area contributed by atoms with Crippen molar-refractivity contribution in [1.29, 1.82) is 0 Å². The molecule has 0 unspecified atom stereocenters. The minimum Gasteiger partial charge on any atom is -0.510 e. The molecule has 3 aliphatic carbocycles. The molecule has 2 aromatic rings. The molecule has 0 amide bonds. The quantitative estimate of drug-likeness (QED) is 0.357. The summed E-state index contributed by atoms with van der Waals surface area (Å²) in [6.07, 6.45) is 2.74. The molecule has 220 valence electrons. The number of hydrogen-bond donors (Lipinski definition) is 1. The third-order valence-corrected chi connectivity index (χ3v) is 10.6. The Labute approximate surface area is 250 Å². The first kappa shape index (κ1) is 29.9. The highest BCUT2D eigenvalue weighted by atomic mass is 16.3. The highest BCUT2D eigenvalue weighted by molar-refractivity contribution is 6.20. The van der Waals surface area contributed by atoms with Crippen LogP contribution in [0, 0.1) is 29.1 Å². The van der Waals surface area contributed by atoms with Crippen LogP contribution >= 0.6 is 0 Å². The first-order valence-corrected chi connectivity index (χ1v) is 15.2. The predicted molar refractivity (Wildman–Crippen MR) is 169 cm³/mol. The van der Waals surface area contributed by atoms with E-state index in [2.05, 4.69) is 84.5 Å². The first-order chi connectivity index (χ1) is 19.5. The molecule has 0 aliphatic heterocycles. The van der Waals surface area contributed by atoms with Crippen LogP contribution in [0.1, 0.15) is 90.0 Å². The van der Waals surface area contributed by atoms with Gasteiger partial charge in [0.05, 0.1) is 11.0 Å². The molecule has 0 saturated carbocycles. The second kappa shape index (κ2) is 10.0. The molecular formula is C38H44O4. The molecule has 5 rings (SSSR count). The summed E-state index contributed by atoms with van der Waals surface area (Å²) in [5.41, 5.74) is 8.20. The second-order valence-electron chi connectivity index (χ2n) is 14.3. The van der Waals surface area contributed by atoms with Crippen molar-refractivity contribution in [2.45, 2.75) is 87.5 Å². The molecule has 0 heterocycles. The van der Waals surface area contributed by atoms with Crippen LogP contribution in [0.25, 0.3) is 16.7 Å². The Balaban J connectivity index is 1.63. The maximum absolute atomic E-state index is 13.2. The standard InChI is InChI=1S/C38H44O4/c1-21(2)16-28(40)17-26-11-13-27(14-12-26)29-15-10-22(3)32-23(4)34-24(5)38(9)35(42)33(25(6)39)31(41)19-37(38,8)20-36(34,7)18-30(29)32/h10-15,21,42H,4,16-20H2,1-3,5-9H3/t36-,37+,38+/m1/s1. The zero-order chi connectivity index (χ0) is 30.9. The lowest BCUT2D eigenvalue weighted by molar-refractivity contribution is -0.127. The molecule has 2 aromatic carbocycles. The Morgan fingerprint density at radius 3 is 2.24 bits per heavy atom. The Hall–Kier alpha value is -3.53. The molecule has 4 heteroatoms. The van der Waals surface area contributed by atoms with Crippen molar-refractivity contribution >= 4 is 22.9 Å². The minimum atomic E-state index is -0.842. The number of aliphatic hydroxyl groups excluding tert-OH is 1. The van der Waals surface area contributed by atoms with Gasteiger partial charge in [0, 0.05) is 19.3 Å². The number of aryl methyl sites for hydroxylation is 1. The lowest BCUT2D eigenvalue weighted by Crippen LogP contribution is -2.54. The van der Waals surface area contributed by atoms with Crippen LogP contribution in [0.2, 0.25) is 0 Å². The fourth-order valence-electron chi connectivity index (χ4n) is 8.63. The maximum atomic E-state index is 13.2. The van der Waals surface area contributed by atoms with Crippen molar-refractivity contribution in [1.82, 2.24) is 0 Å². The summed E-state index contributed by atoms with van der Waals surface area (Å²) in [6, 6.07) is 12.7. The summed E-state index contributed by atoms with van der Waals surface area (Å²) in [6.45, 7) is 20.7. The molecule has 0 fully saturated rings. The van der Waals surface area contributed by atoms with Gasteiger partial charge in [-0.2, -0.15) is 0 Å². The lowest BCUT2D eigenvalue weighted by atomic mass is 9.43. The Bertz CT molecular complexity index is 1610. The molecule has 3 aliphatic rings. The van der Waals surface area contributed by atoms with E-state index in [0.717, 1.165) is 51.0 Å². The van der Waals surface area contributed by atoms with Gasteiger partial charge in [0.1, 0.15) is 11.5 Å².